The summed E-state index contributed by atoms with van der Waals surface area (Å²) in [4.78, 5) is 10.8. The van der Waals surface area contributed by atoms with Gasteiger partial charge in [0.15, 0.2) is 0 Å². The van der Waals surface area contributed by atoms with E-state index in [9.17, 15) is 9.90 Å². The molecule has 1 rings (SSSR count). The number of rotatable bonds is 4. The Morgan fingerprint density at radius 1 is 1.50 bits per heavy atom. The van der Waals surface area contributed by atoms with Gasteiger partial charge < -0.3 is 15.6 Å². The molecule has 76 valence electrons. The summed E-state index contributed by atoms with van der Waals surface area (Å²) in [6, 6.07) is 4.89. The molecular formula is C11H14NO2-. The van der Waals surface area contributed by atoms with Crippen molar-refractivity contribution in [3.8, 4) is 0 Å². The van der Waals surface area contributed by atoms with E-state index in [-0.39, 0.29) is 5.56 Å². The molecule has 0 bridgehead atoms. The molecule has 0 saturated heterocycles. The van der Waals surface area contributed by atoms with Gasteiger partial charge in [-0.1, -0.05) is 25.5 Å². The van der Waals surface area contributed by atoms with E-state index in [1.54, 1.807) is 12.1 Å². The highest BCUT2D eigenvalue weighted by Crippen LogP contribution is 2.18. The number of hydrogen-bond donors (Lipinski definition) is 1. The SMILES string of the molecule is CCCCc1c(N)cccc1C(=O)[O-]. The van der Waals surface area contributed by atoms with E-state index >= 15 is 0 Å². The maximum atomic E-state index is 10.8. The molecule has 0 aliphatic rings. The lowest BCUT2D eigenvalue weighted by Crippen LogP contribution is -2.24. The smallest absolute Gasteiger partial charge is 0.0718 e. The van der Waals surface area contributed by atoms with Crippen molar-refractivity contribution in [2.24, 2.45) is 0 Å². The average molecular weight is 192 g/mol. The first kappa shape index (κ1) is 10.6. The van der Waals surface area contributed by atoms with Crippen LogP contribution < -0.4 is 10.8 Å². The van der Waals surface area contributed by atoms with Crippen LogP contribution in [0.3, 0.4) is 0 Å². The van der Waals surface area contributed by atoms with Gasteiger partial charge >= 0.3 is 0 Å². The van der Waals surface area contributed by atoms with E-state index in [1.807, 2.05) is 0 Å². The maximum absolute atomic E-state index is 10.8. The van der Waals surface area contributed by atoms with Crippen molar-refractivity contribution >= 4 is 11.7 Å². The first-order valence-corrected chi connectivity index (χ1v) is 4.75. The molecule has 0 aliphatic heterocycles. The van der Waals surface area contributed by atoms with Gasteiger partial charge in [0.2, 0.25) is 0 Å². The predicted molar refractivity (Wildman–Crippen MR) is 53.8 cm³/mol. The first-order chi connectivity index (χ1) is 6.66. The van der Waals surface area contributed by atoms with E-state index in [0.717, 1.165) is 12.8 Å². The summed E-state index contributed by atoms with van der Waals surface area (Å²) in [7, 11) is 0. The van der Waals surface area contributed by atoms with Gasteiger partial charge in [-0.2, -0.15) is 0 Å². The number of anilines is 1. The average Bonchev–Trinajstić information content (AvgIpc) is 2.15. The fraction of sp³-hybridized carbons (Fsp3) is 0.364. The quantitative estimate of drug-likeness (QED) is 0.723. The number of unbranched alkanes of at least 4 members (excludes halogenated alkanes) is 1. The van der Waals surface area contributed by atoms with Crippen molar-refractivity contribution in [2.75, 3.05) is 5.73 Å². The van der Waals surface area contributed by atoms with Gasteiger partial charge in [0.1, 0.15) is 0 Å². The number of benzene rings is 1. The molecule has 0 aromatic heterocycles. The van der Waals surface area contributed by atoms with Crippen LogP contribution >= 0.6 is 0 Å². The van der Waals surface area contributed by atoms with Crippen LogP contribution in [-0.2, 0) is 6.42 Å². The van der Waals surface area contributed by atoms with E-state index in [1.165, 1.54) is 6.07 Å². The Balaban J connectivity index is 3.02. The summed E-state index contributed by atoms with van der Waals surface area (Å²) in [5, 5.41) is 10.8. The van der Waals surface area contributed by atoms with E-state index in [2.05, 4.69) is 6.92 Å². The van der Waals surface area contributed by atoms with Crippen LogP contribution in [0.5, 0.6) is 0 Å². The Hall–Kier alpha value is -1.51. The topological polar surface area (TPSA) is 66.2 Å². The number of carboxylic acid groups (broad SMARTS) is 1. The van der Waals surface area contributed by atoms with Crippen LogP contribution in [0.4, 0.5) is 5.69 Å². The fourth-order valence-corrected chi connectivity index (χ4v) is 1.43. The van der Waals surface area contributed by atoms with Crippen molar-refractivity contribution in [1.82, 2.24) is 0 Å². The van der Waals surface area contributed by atoms with Crippen LogP contribution in [0.25, 0.3) is 0 Å². The third kappa shape index (κ3) is 2.25. The normalized spacial score (nSPS) is 10.1. The van der Waals surface area contributed by atoms with Gasteiger partial charge in [0, 0.05) is 11.3 Å². The minimum Gasteiger partial charge on any atom is -0.545 e. The second-order valence-electron chi connectivity index (χ2n) is 3.26. The van der Waals surface area contributed by atoms with Crippen molar-refractivity contribution in [1.29, 1.82) is 0 Å². The number of carbonyl (C=O) groups excluding carboxylic acids is 1. The van der Waals surface area contributed by atoms with Crippen molar-refractivity contribution in [3.63, 3.8) is 0 Å². The highest BCUT2D eigenvalue weighted by atomic mass is 16.4. The Bertz CT molecular complexity index is 334. The Kier molecular flexibility index (Phi) is 3.51. The zero-order chi connectivity index (χ0) is 10.6. The van der Waals surface area contributed by atoms with Gasteiger partial charge in [-0.15, -0.1) is 0 Å². The largest absolute Gasteiger partial charge is 0.545 e. The summed E-state index contributed by atoms with van der Waals surface area (Å²) in [6.45, 7) is 2.05. The molecule has 0 heterocycles. The maximum Gasteiger partial charge on any atom is 0.0718 e. The number of carbonyl (C=O) groups is 1. The van der Waals surface area contributed by atoms with Crippen LogP contribution in [0.15, 0.2) is 18.2 Å². The van der Waals surface area contributed by atoms with Crippen LogP contribution in [-0.4, -0.2) is 5.97 Å². The molecular weight excluding hydrogens is 178 g/mol. The zero-order valence-electron chi connectivity index (χ0n) is 8.25. The Morgan fingerprint density at radius 3 is 2.79 bits per heavy atom. The van der Waals surface area contributed by atoms with E-state index < -0.39 is 5.97 Å². The van der Waals surface area contributed by atoms with Crippen molar-refractivity contribution < 1.29 is 9.90 Å². The van der Waals surface area contributed by atoms with Crippen molar-refractivity contribution in [2.45, 2.75) is 26.2 Å². The molecule has 0 unspecified atom stereocenters. The molecule has 3 nitrogen and oxygen atoms in total. The first-order valence-electron chi connectivity index (χ1n) is 4.75. The number of hydrogen-bond acceptors (Lipinski definition) is 3. The molecule has 2 N–H and O–H groups in total. The van der Waals surface area contributed by atoms with Gasteiger partial charge in [-0.3, -0.25) is 0 Å². The molecule has 1 aromatic rings. The number of nitrogen functional groups attached to an aromatic ring is 1. The number of aromatic carboxylic acids is 1. The summed E-state index contributed by atoms with van der Waals surface area (Å²) < 4.78 is 0. The lowest BCUT2D eigenvalue weighted by atomic mass is 10.0. The highest BCUT2D eigenvalue weighted by molar-refractivity contribution is 5.89. The van der Waals surface area contributed by atoms with Crippen LogP contribution in [0.1, 0.15) is 35.7 Å². The minimum atomic E-state index is -1.15. The van der Waals surface area contributed by atoms with Crippen LogP contribution in [0, 0.1) is 0 Å². The monoisotopic (exact) mass is 192 g/mol. The molecule has 0 fully saturated rings. The third-order valence-electron chi connectivity index (χ3n) is 2.21. The van der Waals surface area contributed by atoms with Gasteiger partial charge in [0.05, 0.1) is 5.97 Å². The summed E-state index contributed by atoms with van der Waals surface area (Å²) >= 11 is 0. The van der Waals surface area contributed by atoms with E-state index in [4.69, 9.17) is 5.73 Å². The van der Waals surface area contributed by atoms with E-state index in [0.29, 0.717) is 17.7 Å². The lowest BCUT2D eigenvalue weighted by molar-refractivity contribution is -0.255. The number of carboxylic acids is 1. The zero-order valence-corrected chi connectivity index (χ0v) is 8.25. The summed E-state index contributed by atoms with van der Waals surface area (Å²) in [6.07, 6.45) is 2.65. The second kappa shape index (κ2) is 4.65. The van der Waals surface area contributed by atoms with Crippen LogP contribution in [0.2, 0.25) is 0 Å². The molecule has 1 aromatic carbocycles. The predicted octanol–water partition coefficient (Wildman–Crippen LogP) is 0.975. The standard InChI is InChI=1S/C11H15NO2/c1-2-3-5-8-9(11(13)14)6-4-7-10(8)12/h4,6-7H,2-3,5,12H2,1H3,(H,13,14)/p-1. The minimum absolute atomic E-state index is 0.221. The highest BCUT2D eigenvalue weighted by Gasteiger charge is 2.05. The molecule has 0 atom stereocenters. The summed E-state index contributed by atoms with van der Waals surface area (Å²) in [5.74, 6) is -1.15. The molecule has 0 radical (unpaired) electrons. The Labute approximate surface area is 83.6 Å². The molecule has 0 aliphatic carbocycles. The molecule has 14 heavy (non-hydrogen) atoms. The summed E-state index contributed by atoms with van der Waals surface area (Å²) in [5.41, 5.74) is 7.17. The Morgan fingerprint density at radius 2 is 2.21 bits per heavy atom. The lowest BCUT2D eigenvalue weighted by Gasteiger charge is -2.12. The molecule has 0 saturated carbocycles. The molecule has 0 amide bonds. The number of nitrogens with two attached hydrogens (primary N) is 1. The molecule has 3 heteroatoms. The van der Waals surface area contributed by atoms with Gasteiger partial charge in [-0.05, 0) is 24.5 Å². The van der Waals surface area contributed by atoms with Gasteiger partial charge in [0.25, 0.3) is 0 Å². The van der Waals surface area contributed by atoms with Gasteiger partial charge in [-0.25, -0.2) is 0 Å². The van der Waals surface area contributed by atoms with Crippen molar-refractivity contribution in [3.05, 3.63) is 29.3 Å². The second-order valence-corrected chi connectivity index (χ2v) is 3.26. The fourth-order valence-electron chi connectivity index (χ4n) is 1.43. The third-order valence-corrected chi connectivity index (χ3v) is 2.21. The molecule has 0 spiro atoms.